The SMILES string of the molecule is CCCCC(CCC)N1C(=O)CNC1=O. The van der Waals surface area contributed by atoms with E-state index < -0.39 is 0 Å². The highest BCUT2D eigenvalue weighted by Gasteiger charge is 2.33. The van der Waals surface area contributed by atoms with Gasteiger partial charge in [0.2, 0.25) is 5.91 Å². The van der Waals surface area contributed by atoms with Crippen LogP contribution in [-0.4, -0.2) is 29.4 Å². The number of hydrogen-bond acceptors (Lipinski definition) is 2. The van der Waals surface area contributed by atoms with E-state index in [0.717, 1.165) is 32.1 Å². The number of nitrogens with zero attached hydrogens (tertiary/aromatic N) is 1. The lowest BCUT2D eigenvalue weighted by Crippen LogP contribution is -2.40. The Balaban J connectivity index is 2.60. The van der Waals surface area contributed by atoms with E-state index >= 15 is 0 Å². The number of amides is 3. The fourth-order valence-corrected chi connectivity index (χ4v) is 1.98. The molecule has 15 heavy (non-hydrogen) atoms. The molecule has 3 amide bonds. The van der Waals surface area contributed by atoms with Crippen LogP contribution in [0, 0.1) is 0 Å². The summed E-state index contributed by atoms with van der Waals surface area (Å²) in [5.74, 6) is -0.0745. The monoisotopic (exact) mass is 212 g/mol. The summed E-state index contributed by atoms with van der Waals surface area (Å²) in [6.45, 7) is 4.37. The van der Waals surface area contributed by atoms with Gasteiger partial charge in [-0.1, -0.05) is 33.1 Å². The van der Waals surface area contributed by atoms with Gasteiger partial charge in [-0.25, -0.2) is 4.79 Å². The molecular weight excluding hydrogens is 192 g/mol. The van der Waals surface area contributed by atoms with Crippen molar-refractivity contribution in [1.29, 1.82) is 0 Å². The molecule has 0 aliphatic carbocycles. The van der Waals surface area contributed by atoms with E-state index in [1.807, 2.05) is 0 Å². The maximum atomic E-state index is 11.5. The Bertz CT molecular complexity index is 225. The molecule has 0 bridgehead atoms. The zero-order valence-electron chi connectivity index (χ0n) is 9.58. The van der Waals surface area contributed by atoms with Crippen molar-refractivity contribution in [3.63, 3.8) is 0 Å². The molecule has 86 valence electrons. The molecule has 0 aromatic heterocycles. The molecule has 4 nitrogen and oxygen atoms in total. The molecule has 1 aliphatic rings. The van der Waals surface area contributed by atoms with E-state index in [4.69, 9.17) is 0 Å². The molecule has 0 aromatic carbocycles. The lowest BCUT2D eigenvalue weighted by atomic mass is 10.0. The number of carbonyl (C=O) groups excluding carboxylic acids is 2. The Kier molecular flexibility index (Phi) is 4.59. The van der Waals surface area contributed by atoms with E-state index in [2.05, 4.69) is 19.2 Å². The second-order valence-corrected chi connectivity index (χ2v) is 4.01. The summed E-state index contributed by atoms with van der Waals surface area (Å²) in [6.07, 6.45) is 5.03. The molecule has 0 aromatic rings. The van der Waals surface area contributed by atoms with Gasteiger partial charge in [0.25, 0.3) is 0 Å². The number of carbonyl (C=O) groups is 2. The van der Waals surface area contributed by atoms with Gasteiger partial charge in [-0.2, -0.15) is 0 Å². The smallest absolute Gasteiger partial charge is 0.324 e. The fourth-order valence-electron chi connectivity index (χ4n) is 1.98. The maximum Gasteiger partial charge on any atom is 0.324 e. The van der Waals surface area contributed by atoms with E-state index in [-0.39, 0.29) is 24.5 Å². The molecule has 1 heterocycles. The van der Waals surface area contributed by atoms with Crippen molar-refractivity contribution in [2.45, 2.75) is 52.0 Å². The van der Waals surface area contributed by atoms with Gasteiger partial charge in [-0.15, -0.1) is 0 Å². The molecule has 0 spiro atoms. The van der Waals surface area contributed by atoms with E-state index in [0.29, 0.717) is 0 Å². The Labute approximate surface area is 91.0 Å². The van der Waals surface area contributed by atoms with Crippen molar-refractivity contribution < 1.29 is 9.59 Å². The summed E-state index contributed by atoms with van der Waals surface area (Å²) >= 11 is 0. The Hall–Kier alpha value is -1.06. The minimum atomic E-state index is -0.213. The molecule has 1 saturated heterocycles. The first kappa shape index (κ1) is 12.0. The van der Waals surface area contributed by atoms with Crippen LogP contribution in [0.2, 0.25) is 0 Å². The van der Waals surface area contributed by atoms with Crippen molar-refractivity contribution in [2.75, 3.05) is 6.54 Å². The van der Waals surface area contributed by atoms with Gasteiger partial charge in [0.1, 0.15) is 0 Å². The standard InChI is InChI=1S/C11H20N2O2/c1-3-5-7-9(6-4-2)13-10(14)8-12-11(13)15/h9H,3-8H2,1-2H3,(H,12,15). The lowest BCUT2D eigenvalue weighted by Gasteiger charge is -2.24. The average molecular weight is 212 g/mol. The second-order valence-electron chi connectivity index (χ2n) is 4.01. The van der Waals surface area contributed by atoms with Crippen LogP contribution < -0.4 is 5.32 Å². The average Bonchev–Trinajstić information content (AvgIpc) is 2.54. The molecule has 4 heteroatoms. The molecule has 0 radical (unpaired) electrons. The predicted molar refractivity (Wildman–Crippen MR) is 58.5 cm³/mol. The lowest BCUT2D eigenvalue weighted by molar-refractivity contribution is -0.126. The third-order valence-electron chi connectivity index (χ3n) is 2.76. The normalized spacial score (nSPS) is 18.1. The van der Waals surface area contributed by atoms with Crippen LogP contribution in [0.25, 0.3) is 0 Å². The van der Waals surface area contributed by atoms with Gasteiger partial charge in [0, 0.05) is 6.04 Å². The largest absolute Gasteiger partial charge is 0.329 e. The quantitative estimate of drug-likeness (QED) is 0.683. The van der Waals surface area contributed by atoms with Crippen LogP contribution in [-0.2, 0) is 4.79 Å². The van der Waals surface area contributed by atoms with Gasteiger partial charge in [0.05, 0.1) is 6.54 Å². The highest BCUT2D eigenvalue weighted by Crippen LogP contribution is 2.17. The van der Waals surface area contributed by atoms with Crippen LogP contribution in [0.3, 0.4) is 0 Å². The molecular formula is C11H20N2O2. The molecule has 1 rings (SSSR count). The summed E-state index contributed by atoms with van der Waals surface area (Å²) < 4.78 is 0. The first-order valence-electron chi connectivity index (χ1n) is 5.80. The van der Waals surface area contributed by atoms with E-state index in [9.17, 15) is 9.59 Å². The molecule has 1 fully saturated rings. The molecule has 1 atom stereocenters. The Morgan fingerprint density at radius 2 is 2.00 bits per heavy atom. The summed E-state index contributed by atoms with van der Waals surface area (Å²) in [6, 6.07) is -0.112. The van der Waals surface area contributed by atoms with Crippen LogP contribution >= 0.6 is 0 Å². The number of rotatable bonds is 6. The minimum absolute atomic E-state index is 0.0745. The molecule has 1 aliphatic heterocycles. The van der Waals surface area contributed by atoms with Gasteiger partial charge in [-0.05, 0) is 12.8 Å². The van der Waals surface area contributed by atoms with Crippen molar-refractivity contribution in [3.05, 3.63) is 0 Å². The summed E-state index contributed by atoms with van der Waals surface area (Å²) in [5, 5.41) is 2.57. The molecule has 1 N–H and O–H groups in total. The van der Waals surface area contributed by atoms with Gasteiger partial charge in [-0.3, -0.25) is 9.69 Å². The van der Waals surface area contributed by atoms with E-state index in [1.165, 1.54) is 4.90 Å². The zero-order chi connectivity index (χ0) is 11.3. The van der Waals surface area contributed by atoms with Gasteiger partial charge >= 0.3 is 6.03 Å². The number of urea groups is 1. The summed E-state index contributed by atoms with van der Waals surface area (Å²) in [4.78, 5) is 24.4. The van der Waals surface area contributed by atoms with Gasteiger partial charge < -0.3 is 5.32 Å². The number of nitrogens with one attached hydrogen (secondary N) is 1. The van der Waals surface area contributed by atoms with Crippen LogP contribution in [0.4, 0.5) is 4.79 Å². The predicted octanol–water partition coefficient (Wildman–Crippen LogP) is 1.90. The summed E-state index contributed by atoms with van der Waals surface area (Å²) in [5.41, 5.74) is 0. The Morgan fingerprint density at radius 3 is 2.47 bits per heavy atom. The van der Waals surface area contributed by atoms with Crippen molar-refractivity contribution in [3.8, 4) is 0 Å². The highest BCUT2D eigenvalue weighted by atomic mass is 16.2. The second kappa shape index (κ2) is 5.73. The number of imide groups is 1. The number of hydrogen-bond donors (Lipinski definition) is 1. The number of unbranched alkanes of at least 4 members (excludes halogenated alkanes) is 1. The Morgan fingerprint density at radius 1 is 1.27 bits per heavy atom. The third kappa shape index (κ3) is 2.94. The molecule has 1 unspecified atom stereocenters. The summed E-state index contributed by atoms with van der Waals surface area (Å²) in [7, 11) is 0. The topological polar surface area (TPSA) is 49.4 Å². The maximum absolute atomic E-state index is 11.5. The zero-order valence-corrected chi connectivity index (χ0v) is 9.58. The van der Waals surface area contributed by atoms with E-state index in [1.54, 1.807) is 0 Å². The van der Waals surface area contributed by atoms with Crippen molar-refractivity contribution in [2.24, 2.45) is 0 Å². The molecule has 0 saturated carbocycles. The van der Waals surface area contributed by atoms with Crippen molar-refractivity contribution >= 4 is 11.9 Å². The first-order valence-corrected chi connectivity index (χ1v) is 5.80. The van der Waals surface area contributed by atoms with Gasteiger partial charge in [0.15, 0.2) is 0 Å². The van der Waals surface area contributed by atoms with Crippen LogP contribution in [0.5, 0.6) is 0 Å². The third-order valence-corrected chi connectivity index (χ3v) is 2.76. The minimum Gasteiger partial charge on any atom is -0.329 e. The highest BCUT2D eigenvalue weighted by molar-refractivity contribution is 6.02. The van der Waals surface area contributed by atoms with Crippen molar-refractivity contribution in [1.82, 2.24) is 10.2 Å². The van der Waals surface area contributed by atoms with Crippen LogP contribution in [0.1, 0.15) is 46.0 Å². The first-order chi connectivity index (χ1) is 7.20. The fraction of sp³-hybridized carbons (Fsp3) is 0.818. The van der Waals surface area contributed by atoms with Crippen LogP contribution in [0.15, 0.2) is 0 Å².